The molecule has 21 heteroatoms. The fourth-order valence-corrected chi connectivity index (χ4v) is 10.3. The van der Waals surface area contributed by atoms with Gasteiger partial charge in [0.1, 0.15) is 6.54 Å². The number of halogens is 3. The first-order chi connectivity index (χ1) is 35.2. The molecule has 6 aromatic rings. The number of sulfone groups is 1. The molecule has 73 heavy (non-hydrogen) atoms. The number of benzene rings is 3. The standard InChI is InChI=1S/C52H62F3N13O3S2/c1-3-33-72-51-61-48(58-26-23-56)47-49(62-51)68(64-63-47)35-38-13-11-37(12-14-38)7-5-25-59-50(69)39-19-27-65(28-20-39)31-32-66-29-21-41(22-30-66)60-45-9-4-10-46-44(45)34-42(67(46)36-52(53,54)55)8-6-24-57-40-15-17-43(18-16-40)73(2,70)71/h4,9-18,34,39,41,57,60H,3,19-33,35-36,56H2,1-2H3,(H,59,69)(H,58,61,62). The number of thioether (sulfide) groups is 1. The fraction of sp³-hybridized carbons (Fsp3) is 0.442. The maximum Gasteiger partial charge on any atom is 0.406 e. The minimum absolute atomic E-state index is 0.0403. The van der Waals surface area contributed by atoms with Gasteiger partial charge >= 0.3 is 6.18 Å². The lowest BCUT2D eigenvalue weighted by Gasteiger charge is -2.36. The van der Waals surface area contributed by atoms with E-state index in [1.54, 1.807) is 46.8 Å². The number of hydrogen-bond acceptors (Lipinski definition) is 14. The van der Waals surface area contributed by atoms with Crippen LogP contribution in [-0.2, 0) is 27.7 Å². The summed E-state index contributed by atoms with van der Waals surface area (Å²) < 4.78 is 68.0. The van der Waals surface area contributed by atoms with Gasteiger partial charge in [-0.05, 0) is 111 Å². The van der Waals surface area contributed by atoms with E-state index in [-0.39, 0.29) is 41.5 Å². The van der Waals surface area contributed by atoms with Gasteiger partial charge < -0.3 is 41.4 Å². The number of fused-ring (bicyclic) bond motifs is 2. The highest BCUT2D eigenvalue weighted by atomic mass is 32.2. The lowest BCUT2D eigenvalue weighted by atomic mass is 9.96. The van der Waals surface area contributed by atoms with Crippen molar-refractivity contribution in [2.75, 3.05) is 93.4 Å². The Hall–Kier alpha value is -6.36. The largest absolute Gasteiger partial charge is 0.406 e. The van der Waals surface area contributed by atoms with Gasteiger partial charge in [0.05, 0.1) is 35.7 Å². The van der Waals surface area contributed by atoms with E-state index in [9.17, 15) is 26.4 Å². The number of nitrogens with two attached hydrogens (primary N) is 1. The minimum Gasteiger partial charge on any atom is -0.382 e. The third-order valence-corrected chi connectivity index (χ3v) is 15.1. The molecule has 0 radical (unpaired) electrons. The molecule has 2 aliphatic heterocycles. The van der Waals surface area contributed by atoms with Gasteiger partial charge in [0, 0.05) is 85.6 Å². The Kier molecular flexibility index (Phi) is 17.8. The highest BCUT2D eigenvalue weighted by Gasteiger charge is 2.31. The van der Waals surface area contributed by atoms with Crippen LogP contribution in [0.15, 0.2) is 82.8 Å². The topological polar surface area (TPSA) is 193 Å². The van der Waals surface area contributed by atoms with E-state index in [0.717, 1.165) is 100 Å². The number of anilines is 3. The molecule has 0 unspecified atom stereocenters. The summed E-state index contributed by atoms with van der Waals surface area (Å²) in [7, 11) is -3.33. The SMILES string of the molecule is CCCSc1nc(NCCN)c2nnn(Cc3ccc(C#CCNC(=O)C4CCN(CCN5CCC(Nc6cccc7c6cc(C#CCNc6ccc(S(C)(=O)=O)cc6)n7CC(F)(F)F)CC5)CC4)cc3)c2n1. The molecule has 2 aliphatic rings. The predicted molar refractivity (Wildman–Crippen MR) is 282 cm³/mol. The second-order valence-corrected chi connectivity index (χ2v) is 21.4. The van der Waals surface area contributed by atoms with E-state index < -0.39 is 22.6 Å². The van der Waals surface area contributed by atoms with Gasteiger partial charge in [-0.1, -0.05) is 59.9 Å². The van der Waals surface area contributed by atoms with E-state index >= 15 is 0 Å². The molecular formula is C52H62F3N13O3S2. The number of carbonyl (C=O) groups is 1. The van der Waals surface area contributed by atoms with Crippen molar-refractivity contribution >= 4 is 66.8 Å². The number of nitrogens with zero attached hydrogens (tertiary/aromatic N) is 8. The summed E-state index contributed by atoms with van der Waals surface area (Å²) in [5, 5.41) is 23.1. The monoisotopic (exact) mass is 1040 g/mol. The first kappa shape index (κ1) is 52.9. The molecule has 2 saturated heterocycles. The van der Waals surface area contributed by atoms with Crippen LogP contribution in [0.2, 0.25) is 0 Å². The van der Waals surface area contributed by atoms with Crippen LogP contribution < -0.4 is 27.0 Å². The number of carbonyl (C=O) groups excluding carboxylic acids is 1. The molecule has 8 rings (SSSR count). The van der Waals surface area contributed by atoms with Crippen molar-refractivity contribution in [2.45, 2.75) is 74.4 Å². The van der Waals surface area contributed by atoms with E-state index in [0.29, 0.717) is 58.4 Å². The number of alkyl halides is 3. The molecule has 2 fully saturated rings. The van der Waals surface area contributed by atoms with Crippen LogP contribution in [0.5, 0.6) is 0 Å². The third-order valence-electron chi connectivity index (χ3n) is 12.9. The number of piperidine rings is 2. The molecule has 0 atom stereocenters. The van der Waals surface area contributed by atoms with Gasteiger partial charge in [0.2, 0.25) is 5.91 Å². The van der Waals surface area contributed by atoms with Gasteiger partial charge in [-0.2, -0.15) is 13.2 Å². The van der Waals surface area contributed by atoms with Crippen molar-refractivity contribution in [3.8, 4) is 23.7 Å². The molecule has 3 aromatic carbocycles. The molecule has 5 heterocycles. The molecule has 3 aromatic heterocycles. The molecular weight excluding hydrogens is 976 g/mol. The van der Waals surface area contributed by atoms with Gasteiger partial charge in [-0.3, -0.25) is 4.79 Å². The highest BCUT2D eigenvalue weighted by Crippen LogP contribution is 2.32. The van der Waals surface area contributed by atoms with Crippen molar-refractivity contribution in [1.29, 1.82) is 0 Å². The molecule has 0 spiro atoms. The van der Waals surface area contributed by atoms with Crippen molar-refractivity contribution < 1.29 is 26.4 Å². The highest BCUT2D eigenvalue weighted by molar-refractivity contribution is 7.99. The number of aromatic nitrogens is 6. The van der Waals surface area contributed by atoms with Gasteiger partial charge in [0.25, 0.3) is 0 Å². The lowest BCUT2D eigenvalue weighted by molar-refractivity contribution is -0.140. The smallest absolute Gasteiger partial charge is 0.382 e. The molecule has 0 aliphatic carbocycles. The second kappa shape index (κ2) is 24.6. The fourth-order valence-electron chi connectivity index (χ4n) is 8.99. The Morgan fingerprint density at radius 2 is 1.60 bits per heavy atom. The Morgan fingerprint density at radius 1 is 0.890 bits per heavy atom. The third kappa shape index (κ3) is 14.7. The first-order valence-corrected chi connectivity index (χ1v) is 27.6. The molecule has 16 nitrogen and oxygen atoms in total. The summed E-state index contributed by atoms with van der Waals surface area (Å²) in [5.41, 5.74) is 11.0. The average Bonchev–Trinajstić information content (AvgIpc) is 3.95. The molecule has 0 bridgehead atoms. The number of likely N-dealkylation sites (tertiary alicyclic amines) is 2. The zero-order chi connectivity index (χ0) is 51.4. The zero-order valence-corrected chi connectivity index (χ0v) is 42.8. The molecule has 386 valence electrons. The van der Waals surface area contributed by atoms with Gasteiger partial charge in [-0.15, -0.1) is 5.10 Å². The van der Waals surface area contributed by atoms with E-state index in [2.05, 4.69) is 77.0 Å². The Bertz CT molecular complexity index is 3070. The van der Waals surface area contributed by atoms with Crippen LogP contribution in [0.3, 0.4) is 0 Å². The molecule has 1 amide bonds. The minimum atomic E-state index is -4.45. The summed E-state index contributed by atoms with van der Waals surface area (Å²) in [4.78, 5) is 27.5. The van der Waals surface area contributed by atoms with Crippen molar-refractivity contribution in [3.05, 3.63) is 89.6 Å². The number of rotatable bonds is 19. The van der Waals surface area contributed by atoms with Gasteiger partial charge in [0.15, 0.2) is 32.0 Å². The van der Waals surface area contributed by atoms with Crippen LogP contribution in [0, 0.1) is 29.6 Å². The Labute approximate surface area is 428 Å². The maximum absolute atomic E-state index is 13.8. The summed E-state index contributed by atoms with van der Waals surface area (Å²) in [6, 6.07) is 21.4. The van der Waals surface area contributed by atoms with Crippen LogP contribution >= 0.6 is 11.8 Å². The van der Waals surface area contributed by atoms with E-state index in [1.165, 1.54) is 16.7 Å². The van der Waals surface area contributed by atoms with E-state index in [4.69, 9.17) is 10.7 Å². The lowest BCUT2D eigenvalue weighted by Crippen LogP contribution is -2.45. The van der Waals surface area contributed by atoms with Crippen molar-refractivity contribution in [1.82, 2.24) is 44.6 Å². The summed E-state index contributed by atoms with van der Waals surface area (Å²) in [6.07, 6.45) is 1.08. The van der Waals surface area contributed by atoms with Gasteiger partial charge in [-0.25, -0.2) is 23.1 Å². The second-order valence-electron chi connectivity index (χ2n) is 18.4. The summed E-state index contributed by atoms with van der Waals surface area (Å²) in [5.74, 6) is 13.7. The van der Waals surface area contributed by atoms with Crippen LogP contribution in [0.25, 0.3) is 22.1 Å². The maximum atomic E-state index is 13.8. The normalized spacial score (nSPS) is 15.2. The van der Waals surface area contributed by atoms with Crippen molar-refractivity contribution in [3.63, 3.8) is 0 Å². The summed E-state index contributed by atoms with van der Waals surface area (Å²) in [6.45, 7) is 8.27. The number of amides is 1. The van der Waals surface area contributed by atoms with Crippen LogP contribution in [0.4, 0.5) is 30.4 Å². The molecule has 0 saturated carbocycles. The number of hydrogen-bond donors (Lipinski definition) is 5. The van der Waals surface area contributed by atoms with Crippen LogP contribution in [-0.4, -0.2) is 143 Å². The molecule has 6 N–H and O–H groups in total. The first-order valence-electron chi connectivity index (χ1n) is 24.7. The summed E-state index contributed by atoms with van der Waals surface area (Å²) >= 11 is 1.60. The van der Waals surface area contributed by atoms with E-state index in [1.807, 2.05) is 30.3 Å². The number of nitrogens with one attached hydrogen (secondary N) is 4. The van der Waals surface area contributed by atoms with Crippen molar-refractivity contribution in [2.24, 2.45) is 11.7 Å². The van der Waals surface area contributed by atoms with Crippen LogP contribution in [0.1, 0.15) is 55.8 Å². The Balaban J connectivity index is 0.751. The Morgan fingerprint density at radius 3 is 2.29 bits per heavy atom. The zero-order valence-electron chi connectivity index (χ0n) is 41.1. The quantitative estimate of drug-likeness (QED) is 0.0346. The average molecular weight is 1040 g/mol. The predicted octanol–water partition coefficient (Wildman–Crippen LogP) is 6.28.